The fourth-order valence-electron chi connectivity index (χ4n) is 3.53. The third-order valence-electron chi connectivity index (χ3n) is 4.18. The lowest BCUT2D eigenvalue weighted by Crippen LogP contribution is -2.59. The van der Waals surface area contributed by atoms with E-state index in [9.17, 15) is 9.59 Å². The van der Waals surface area contributed by atoms with Crippen LogP contribution in [0.5, 0.6) is 0 Å². The molecule has 2 saturated heterocycles. The topological polar surface area (TPSA) is 43.4 Å². The molecule has 3 nitrogen and oxygen atoms in total. The van der Waals surface area contributed by atoms with Gasteiger partial charge in [0.2, 0.25) is 0 Å². The number of fused-ring (bicyclic) bond motifs is 2. The Morgan fingerprint density at radius 1 is 1.40 bits per heavy atom. The van der Waals surface area contributed by atoms with Crippen molar-refractivity contribution in [2.24, 2.45) is 11.3 Å². The van der Waals surface area contributed by atoms with Gasteiger partial charge in [-0.05, 0) is 30.8 Å². The highest BCUT2D eigenvalue weighted by Gasteiger charge is 2.62. The summed E-state index contributed by atoms with van der Waals surface area (Å²) in [5.41, 5.74) is -0.128. The summed E-state index contributed by atoms with van der Waals surface area (Å²) in [5, 5.41) is 0. The number of ether oxygens (including phenoxy) is 1. The van der Waals surface area contributed by atoms with Gasteiger partial charge in [0.1, 0.15) is 11.5 Å². The van der Waals surface area contributed by atoms with Crippen molar-refractivity contribution in [2.45, 2.75) is 38.2 Å². The zero-order valence-corrected chi connectivity index (χ0v) is 8.62. The first-order chi connectivity index (χ1) is 7.15. The fraction of sp³-hybridized carbons (Fsp3) is 0.667. The lowest BCUT2D eigenvalue weighted by molar-refractivity contribution is -0.186. The minimum Gasteiger partial charge on any atom is -0.461 e. The molecule has 3 heteroatoms. The summed E-state index contributed by atoms with van der Waals surface area (Å²) in [6.07, 6.45) is 3.93. The maximum Gasteiger partial charge on any atom is 0.324 e. The maximum atomic E-state index is 12.1. The molecule has 3 atom stereocenters. The summed E-state index contributed by atoms with van der Waals surface area (Å²) in [6, 6.07) is 0. The smallest absolute Gasteiger partial charge is 0.324 e. The van der Waals surface area contributed by atoms with Crippen LogP contribution in [0.25, 0.3) is 0 Å². The van der Waals surface area contributed by atoms with E-state index in [1.807, 2.05) is 0 Å². The minimum absolute atomic E-state index is 0.0113. The van der Waals surface area contributed by atoms with Crippen molar-refractivity contribution >= 4 is 11.8 Å². The number of hydrogen-bond donors (Lipinski definition) is 0. The first-order valence-corrected chi connectivity index (χ1v) is 5.58. The van der Waals surface area contributed by atoms with Crippen LogP contribution >= 0.6 is 0 Å². The van der Waals surface area contributed by atoms with Gasteiger partial charge < -0.3 is 4.74 Å². The van der Waals surface area contributed by atoms with E-state index in [2.05, 4.69) is 6.58 Å². The molecule has 0 aromatic rings. The monoisotopic (exact) mass is 206 g/mol. The largest absolute Gasteiger partial charge is 0.461 e. The van der Waals surface area contributed by atoms with Crippen LogP contribution in [-0.4, -0.2) is 17.9 Å². The second-order valence-corrected chi connectivity index (χ2v) is 4.89. The number of carbonyl (C=O) groups excluding carboxylic acids is 2. The Hall–Kier alpha value is -1.12. The SMILES string of the molecule is C=C1C[C@H]2C[C@@H]3CCCC(=O)[C@@]13C(=O)O2. The van der Waals surface area contributed by atoms with Gasteiger partial charge in [-0.3, -0.25) is 9.59 Å². The highest BCUT2D eigenvalue weighted by atomic mass is 16.5. The molecule has 4 aliphatic rings. The van der Waals surface area contributed by atoms with Gasteiger partial charge in [0, 0.05) is 12.8 Å². The molecule has 4 fully saturated rings. The molecule has 1 spiro atoms. The Kier molecular flexibility index (Phi) is 1.65. The molecule has 15 heavy (non-hydrogen) atoms. The Balaban J connectivity index is 2.14. The van der Waals surface area contributed by atoms with Crippen LogP contribution in [0.4, 0.5) is 0 Å². The van der Waals surface area contributed by atoms with Crippen LogP contribution in [0.2, 0.25) is 0 Å². The van der Waals surface area contributed by atoms with E-state index < -0.39 is 5.41 Å². The van der Waals surface area contributed by atoms with Gasteiger partial charge in [0.25, 0.3) is 0 Å². The average molecular weight is 206 g/mol. The predicted octanol–water partition coefficient (Wildman–Crippen LogP) is 1.62. The summed E-state index contributed by atoms with van der Waals surface area (Å²) in [6.45, 7) is 3.95. The summed E-state index contributed by atoms with van der Waals surface area (Å²) < 4.78 is 5.27. The first-order valence-electron chi connectivity index (χ1n) is 5.58. The van der Waals surface area contributed by atoms with E-state index >= 15 is 0 Å². The molecular formula is C12H14O3. The van der Waals surface area contributed by atoms with Gasteiger partial charge in [0.05, 0.1) is 0 Å². The Morgan fingerprint density at radius 2 is 2.20 bits per heavy atom. The Morgan fingerprint density at radius 3 is 2.87 bits per heavy atom. The molecule has 80 valence electrons. The lowest BCUT2D eigenvalue weighted by Gasteiger charge is -2.52. The quantitative estimate of drug-likeness (QED) is 0.343. The van der Waals surface area contributed by atoms with Crippen LogP contribution in [0.15, 0.2) is 12.2 Å². The summed E-state index contributed by atoms with van der Waals surface area (Å²) >= 11 is 0. The molecular weight excluding hydrogens is 192 g/mol. The van der Waals surface area contributed by atoms with Gasteiger partial charge in [0.15, 0.2) is 5.78 Å². The molecule has 0 radical (unpaired) electrons. The van der Waals surface area contributed by atoms with Crippen LogP contribution in [0, 0.1) is 11.3 Å². The van der Waals surface area contributed by atoms with Crippen LogP contribution in [0.1, 0.15) is 32.1 Å². The maximum absolute atomic E-state index is 12.1. The zero-order chi connectivity index (χ0) is 10.6. The van der Waals surface area contributed by atoms with Crippen molar-refractivity contribution in [3.63, 3.8) is 0 Å². The van der Waals surface area contributed by atoms with E-state index in [1.165, 1.54) is 0 Å². The number of Topliss-reactive ketones (excluding diaryl/α,β-unsaturated/α-hetero) is 1. The van der Waals surface area contributed by atoms with Gasteiger partial charge in [-0.2, -0.15) is 0 Å². The number of rotatable bonds is 0. The van der Waals surface area contributed by atoms with E-state index in [0.717, 1.165) is 24.8 Å². The lowest BCUT2D eigenvalue weighted by atomic mass is 9.54. The molecule has 4 rings (SSSR count). The molecule has 2 aliphatic carbocycles. The van der Waals surface area contributed by atoms with Crippen molar-refractivity contribution < 1.29 is 14.3 Å². The van der Waals surface area contributed by atoms with Crippen LogP contribution in [0.3, 0.4) is 0 Å². The molecule has 0 unspecified atom stereocenters. The van der Waals surface area contributed by atoms with E-state index in [4.69, 9.17) is 4.74 Å². The van der Waals surface area contributed by atoms with Gasteiger partial charge in [-0.1, -0.05) is 6.58 Å². The molecule has 0 aromatic heterocycles. The van der Waals surface area contributed by atoms with E-state index in [0.29, 0.717) is 12.8 Å². The first kappa shape index (κ1) is 9.13. The molecule has 2 saturated carbocycles. The molecule has 0 aromatic carbocycles. The van der Waals surface area contributed by atoms with Crippen molar-refractivity contribution in [1.29, 1.82) is 0 Å². The number of esters is 1. The number of ketones is 1. The van der Waals surface area contributed by atoms with Crippen molar-refractivity contribution in [3.05, 3.63) is 12.2 Å². The summed E-state index contributed by atoms with van der Waals surface area (Å²) in [5.74, 6) is -0.0946. The summed E-state index contributed by atoms with van der Waals surface area (Å²) in [7, 11) is 0. The minimum atomic E-state index is -0.938. The zero-order valence-electron chi connectivity index (χ0n) is 8.62. The predicted molar refractivity (Wildman–Crippen MR) is 53.0 cm³/mol. The Bertz CT molecular complexity index is 337. The molecule has 2 aliphatic heterocycles. The van der Waals surface area contributed by atoms with Crippen molar-refractivity contribution in [1.82, 2.24) is 0 Å². The molecule has 2 bridgehead atoms. The molecule has 0 N–H and O–H groups in total. The highest BCUT2D eigenvalue weighted by Crippen LogP contribution is 2.55. The molecule has 2 heterocycles. The van der Waals surface area contributed by atoms with Gasteiger partial charge in [-0.15, -0.1) is 0 Å². The van der Waals surface area contributed by atoms with Gasteiger partial charge in [-0.25, -0.2) is 0 Å². The van der Waals surface area contributed by atoms with Crippen molar-refractivity contribution in [3.8, 4) is 0 Å². The number of carbonyl (C=O) groups is 2. The van der Waals surface area contributed by atoms with Crippen LogP contribution in [-0.2, 0) is 14.3 Å². The third-order valence-corrected chi connectivity index (χ3v) is 4.18. The normalized spacial score (nSPS) is 43.9. The third kappa shape index (κ3) is 0.912. The van der Waals surface area contributed by atoms with Crippen LogP contribution < -0.4 is 0 Å². The fourth-order valence-corrected chi connectivity index (χ4v) is 3.53. The van der Waals surface area contributed by atoms with E-state index in [-0.39, 0.29) is 23.8 Å². The van der Waals surface area contributed by atoms with Gasteiger partial charge >= 0.3 is 5.97 Å². The van der Waals surface area contributed by atoms with E-state index in [1.54, 1.807) is 0 Å². The second kappa shape index (κ2) is 2.71. The highest BCUT2D eigenvalue weighted by molar-refractivity contribution is 6.08. The standard InChI is InChI=1S/C12H14O3/c1-7-5-9-6-8-3-2-4-10(13)12(7,8)11(14)15-9/h8-9H,1-6H2/t8-,9-,12+/m0/s1. The Labute approximate surface area is 88.5 Å². The van der Waals surface area contributed by atoms with Crippen molar-refractivity contribution in [2.75, 3.05) is 0 Å². The summed E-state index contributed by atoms with van der Waals surface area (Å²) in [4.78, 5) is 24.0. The number of hydrogen-bond acceptors (Lipinski definition) is 3. The molecule has 0 amide bonds. The second-order valence-electron chi connectivity index (χ2n) is 4.89. The average Bonchev–Trinajstić information content (AvgIpc) is 2.16.